The molecule has 1 N–H and O–H groups in total. The van der Waals surface area contributed by atoms with Crippen LogP contribution in [-0.4, -0.2) is 13.0 Å². The highest BCUT2D eigenvalue weighted by Gasteiger charge is 2.16. The van der Waals surface area contributed by atoms with Crippen molar-refractivity contribution in [3.8, 4) is 5.75 Å². The Bertz CT molecular complexity index is 750. The molecule has 1 amide bonds. The first kappa shape index (κ1) is 17.3. The van der Waals surface area contributed by atoms with E-state index in [4.69, 9.17) is 4.74 Å². The van der Waals surface area contributed by atoms with Crippen molar-refractivity contribution in [3.63, 3.8) is 0 Å². The topological polar surface area (TPSA) is 38.3 Å². The Morgan fingerprint density at radius 1 is 1.04 bits per heavy atom. The van der Waals surface area contributed by atoms with E-state index in [2.05, 4.69) is 46.1 Å². The van der Waals surface area contributed by atoms with Gasteiger partial charge in [0.2, 0.25) is 0 Å². The molecule has 4 heteroatoms. The summed E-state index contributed by atoms with van der Waals surface area (Å²) in [6.07, 6.45) is 5.87. The summed E-state index contributed by atoms with van der Waals surface area (Å²) in [6.45, 7) is 2.00. The molecule has 0 aromatic heterocycles. The van der Waals surface area contributed by atoms with E-state index < -0.39 is 0 Å². The standard InChI is InChI=1S/C20H22INO2/c1-13-8-16(10-17(21)9-13)20(23)22-18-11-14-6-4-3-5-7-15(14)12-19(18)24-2/h8-12H,3-7H2,1-2H3,(H,22,23). The maximum Gasteiger partial charge on any atom is 0.255 e. The van der Waals surface area contributed by atoms with Crippen LogP contribution in [-0.2, 0) is 12.8 Å². The number of anilines is 1. The molecule has 0 atom stereocenters. The van der Waals surface area contributed by atoms with E-state index in [1.54, 1.807) is 7.11 Å². The quantitative estimate of drug-likeness (QED) is 0.537. The van der Waals surface area contributed by atoms with Gasteiger partial charge >= 0.3 is 0 Å². The van der Waals surface area contributed by atoms with Crippen LogP contribution in [0.1, 0.15) is 46.3 Å². The number of benzene rings is 2. The molecule has 0 aliphatic heterocycles. The van der Waals surface area contributed by atoms with Gasteiger partial charge in [-0.25, -0.2) is 0 Å². The SMILES string of the molecule is COc1cc2c(cc1NC(=O)c1cc(C)cc(I)c1)CCCCC2. The second-order valence-electron chi connectivity index (χ2n) is 6.35. The van der Waals surface area contributed by atoms with E-state index in [1.807, 2.05) is 19.1 Å². The van der Waals surface area contributed by atoms with Gasteiger partial charge in [0, 0.05) is 9.13 Å². The summed E-state index contributed by atoms with van der Waals surface area (Å²) in [5, 5.41) is 3.04. The van der Waals surface area contributed by atoms with Crippen molar-refractivity contribution in [3.05, 3.63) is 56.2 Å². The zero-order valence-electron chi connectivity index (χ0n) is 14.1. The van der Waals surface area contributed by atoms with Crippen LogP contribution in [0.2, 0.25) is 0 Å². The van der Waals surface area contributed by atoms with Crippen molar-refractivity contribution in [1.82, 2.24) is 0 Å². The van der Waals surface area contributed by atoms with Gasteiger partial charge in [-0.15, -0.1) is 0 Å². The summed E-state index contributed by atoms with van der Waals surface area (Å²) >= 11 is 2.24. The third-order valence-corrected chi connectivity index (χ3v) is 5.09. The molecule has 1 aliphatic rings. The van der Waals surface area contributed by atoms with Gasteiger partial charge in [0.15, 0.2) is 0 Å². The highest BCUT2D eigenvalue weighted by atomic mass is 127. The molecule has 0 saturated heterocycles. The fourth-order valence-corrected chi connectivity index (χ4v) is 4.10. The summed E-state index contributed by atoms with van der Waals surface area (Å²) in [5.74, 6) is 0.648. The van der Waals surface area contributed by atoms with E-state index in [0.717, 1.165) is 33.4 Å². The lowest BCUT2D eigenvalue weighted by atomic mass is 10.0. The minimum Gasteiger partial charge on any atom is -0.495 e. The van der Waals surface area contributed by atoms with Gasteiger partial charge in [-0.05, 0) is 102 Å². The largest absolute Gasteiger partial charge is 0.495 e. The number of nitrogens with one attached hydrogen (secondary N) is 1. The van der Waals surface area contributed by atoms with Crippen LogP contribution < -0.4 is 10.1 Å². The highest BCUT2D eigenvalue weighted by molar-refractivity contribution is 14.1. The number of methoxy groups -OCH3 is 1. The number of ether oxygens (including phenoxy) is 1. The summed E-state index contributed by atoms with van der Waals surface area (Å²) in [5.41, 5.74) is 5.21. The first-order chi connectivity index (χ1) is 11.6. The van der Waals surface area contributed by atoms with Crippen LogP contribution >= 0.6 is 22.6 Å². The van der Waals surface area contributed by atoms with Gasteiger partial charge < -0.3 is 10.1 Å². The van der Waals surface area contributed by atoms with Crippen molar-refractivity contribution in [1.29, 1.82) is 0 Å². The Balaban J connectivity index is 1.91. The van der Waals surface area contributed by atoms with E-state index in [9.17, 15) is 4.79 Å². The number of aryl methyl sites for hydroxylation is 3. The maximum atomic E-state index is 12.7. The van der Waals surface area contributed by atoms with Gasteiger partial charge in [0.1, 0.15) is 5.75 Å². The zero-order valence-corrected chi connectivity index (χ0v) is 16.3. The predicted molar refractivity (Wildman–Crippen MR) is 106 cm³/mol. The molecule has 0 radical (unpaired) electrons. The average Bonchev–Trinajstić information content (AvgIpc) is 2.77. The Hall–Kier alpha value is -1.56. The first-order valence-corrected chi connectivity index (χ1v) is 9.43. The van der Waals surface area contributed by atoms with Crippen molar-refractivity contribution in [2.75, 3.05) is 12.4 Å². The fourth-order valence-electron chi connectivity index (χ4n) is 3.27. The molecule has 0 saturated carbocycles. The molecule has 3 rings (SSSR count). The van der Waals surface area contributed by atoms with E-state index in [-0.39, 0.29) is 5.91 Å². The predicted octanol–water partition coefficient (Wildman–Crippen LogP) is 5.13. The van der Waals surface area contributed by atoms with Gasteiger partial charge in [-0.2, -0.15) is 0 Å². The molecule has 1 aliphatic carbocycles. The number of rotatable bonds is 3. The van der Waals surface area contributed by atoms with Crippen LogP contribution in [0, 0.1) is 10.5 Å². The molecular weight excluding hydrogens is 413 g/mol. The number of halogens is 1. The normalized spacial score (nSPS) is 13.8. The molecule has 2 aromatic carbocycles. The minimum atomic E-state index is -0.0940. The number of fused-ring (bicyclic) bond motifs is 1. The van der Waals surface area contributed by atoms with E-state index >= 15 is 0 Å². The lowest BCUT2D eigenvalue weighted by molar-refractivity contribution is 0.102. The average molecular weight is 435 g/mol. The number of carbonyl (C=O) groups excluding carboxylic acids is 1. The van der Waals surface area contributed by atoms with Gasteiger partial charge in [-0.1, -0.05) is 6.42 Å². The molecule has 0 unspecified atom stereocenters. The van der Waals surface area contributed by atoms with Crippen molar-refractivity contribution in [2.24, 2.45) is 0 Å². The van der Waals surface area contributed by atoms with Crippen LogP contribution in [0.5, 0.6) is 5.75 Å². The monoisotopic (exact) mass is 435 g/mol. The molecule has 126 valence electrons. The molecular formula is C20H22INO2. The lowest BCUT2D eigenvalue weighted by Crippen LogP contribution is -2.14. The highest BCUT2D eigenvalue weighted by Crippen LogP contribution is 2.32. The summed E-state index contributed by atoms with van der Waals surface area (Å²) in [6, 6.07) is 10.1. The molecule has 0 heterocycles. The van der Waals surface area contributed by atoms with E-state index in [1.165, 1.54) is 30.4 Å². The number of hydrogen-bond donors (Lipinski definition) is 1. The van der Waals surface area contributed by atoms with Crippen LogP contribution in [0.3, 0.4) is 0 Å². The zero-order chi connectivity index (χ0) is 17.1. The Kier molecular flexibility index (Phi) is 5.43. The maximum absolute atomic E-state index is 12.7. The Morgan fingerprint density at radius 2 is 1.75 bits per heavy atom. The van der Waals surface area contributed by atoms with Crippen molar-refractivity contribution < 1.29 is 9.53 Å². The molecule has 24 heavy (non-hydrogen) atoms. The minimum absolute atomic E-state index is 0.0940. The van der Waals surface area contributed by atoms with Gasteiger partial charge in [0.05, 0.1) is 12.8 Å². The summed E-state index contributed by atoms with van der Waals surface area (Å²) < 4.78 is 6.58. The van der Waals surface area contributed by atoms with Crippen LogP contribution in [0.4, 0.5) is 5.69 Å². The Labute approximate surface area is 156 Å². The second-order valence-corrected chi connectivity index (χ2v) is 7.60. The number of amides is 1. The lowest BCUT2D eigenvalue weighted by Gasteiger charge is -2.15. The molecule has 3 nitrogen and oxygen atoms in total. The molecule has 0 fully saturated rings. The third kappa shape index (κ3) is 3.91. The van der Waals surface area contributed by atoms with E-state index in [0.29, 0.717) is 5.56 Å². The third-order valence-electron chi connectivity index (χ3n) is 4.47. The summed E-state index contributed by atoms with van der Waals surface area (Å²) in [4.78, 5) is 12.7. The smallest absolute Gasteiger partial charge is 0.255 e. The van der Waals surface area contributed by atoms with Crippen molar-refractivity contribution >= 4 is 34.2 Å². The van der Waals surface area contributed by atoms with Crippen LogP contribution in [0.25, 0.3) is 0 Å². The van der Waals surface area contributed by atoms with Crippen LogP contribution in [0.15, 0.2) is 30.3 Å². The number of carbonyl (C=O) groups is 1. The molecule has 2 aromatic rings. The molecule has 0 bridgehead atoms. The Morgan fingerprint density at radius 3 is 2.42 bits per heavy atom. The number of hydrogen-bond acceptors (Lipinski definition) is 2. The van der Waals surface area contributed by atoms with Gasteiger partial charge in [0.25, 0.3) is 5.91 Å². The fraction of sp³-hybridized carbons (Fsp3) is 0.350. The molecule has 0 spiro atoms. The summed E-state index contributed by atoms with van der Waals surface area (Å²) in [7, 11) is 1.66. The second kappa shape index (κ2) is 7.55. The van der Waals surface area contributed by atoms with Gasteiger partial charge in [-0.3, -0.25) is 4.79 Å². The first-order valence-electron chi connectivity index (χ1n) is 8.35. The van der Waals surface area contributed by atoms with Crippen molar-refractivity contribution in [2.45, 2.75) is 39.0 Å².